The van der Waals surface area contributed by atoms with Gasteiger partial charge in [-0.15, -0.1) is 11.3 Å². The van der Waals surface area contributed by atoms with E-state index >= 15 is 0 Å². The first-order valence-electron chi connectivity index (χ1n) is 8.59. The van der Waals surface area contributed by atoms with Crippen LogP contribution in [0.3, 0.4) is 0 Å². The van der Waals surface area contributed by atoms with Gasteiger partial charge in [-0.1, -0.05) is 19.9 Å². The number of aromatic hydroxyl groups is 1. The van der Waals surface area contributed by atoms with Crippen molar-refractivity contribution < 1.29 is 9.90 Å². The molecule has 4 rings (SSSR count). The topological polar surface area (TPSA) is 49.7 Å². The van der Waals surface area contributed by atoms with E-state index in [0.717, 1.165) is 44.7 Å². The maximum absolute atomic E-state index is 12.1. The van der Waals surface area contributed by atoms with Crippen LogP contribution in [0.1, 0.15) is 13.3 Å². The molecule has 1 unspecified atom stereocenters. The number of phenols is 1. The standard InChI is InChI=1S/C20H18INO2SSi/c1-3-10-26(2)17-11-12(23)4-5-13(17)22-14-6-7-15(24)19(20(14)26)16-8-9-18(21)25-16/h4-9,11,24H,3,10H2,1-2H3. The van der Waals surface area contributed by atoms with Crippen molar-refractivity contribution in [2.45, 2.75) is 25.9 Å². The average molecular weight is 491 g/mol. The summed E-state index contributed by atoms with van der Waals surface area (Å²) in [5.74, 6) is 0.332. The van der Waals surface area contributed by atoms with E-state index in [1.165, 1.54) is 2.88 Å². The molecule has 1 aliphatic carbocycles. The maximum atomic E-state index is 12.1. The zero-order valence-corrected chi connectivity index (χ0v) is 18.5. The minimum absolute atomic E-state index is 0.0320. The highest BCUT2D eigenvalue weighted by molar-refractivity contribution is 14.1. The fourth-order valence-corrected chi connectivity index (χ4v) is 10.3. The van der Waals surface area contributed by atoms with Crippen molar-refractivity contribution in [1.29, 1.82) is 0 Å². The predicted octanol–water partition coefficient (Wildman–Crippen LogP) is 5.11. The second-order valence-corrected chi connectivity index (χ2v) is 14.0. The number of allylic oxidation sites excluding steroid dienone is 4. The molecule has 0 saturated heterocycles. The number of carbonyl (C=O) groups is 1. The summed E-state index contributed by atoms with van der Waals surface area (Å²) >= 11 is 3.98. The Morgan fingerprint density at radius 3 is 2.73 bits per heavy atom. The number of thiophene rings is 1. The first-order valence-corrected chi connectivity index (χ1v) is 13.2. The zero-order chi connectivity index (χ0) is 18.5. The molecule has 2 aromatic rings. The summed E-state index contributed by atoms with van der Waals surface area (Å²) in [5, 5.41) is 13.0. The summed E-state index contributed by atoms with van der Waals surface area (Å²) in [6.07, 6.45) is 6.25. The van der Waals surface area contributed by atoms with Gasteiger partial charge < -0.3 is 5.11 Å². The number of benzene rings is 1. The summed E-state index contributed by atoms with van der Waals surface area (Å²) in [7, 11) is -2.21. The van der Waals surface area contributed by atoms with Crippen LogP contribution in [-0.2, 0) is 4.79 Å². The Morgan fingerprint density at radius 2 is 2.04 bits per heavy atom. The van der Waals surface area contributed by atoms with Crippen LogP contribution < -0.4 is 5.19 Å². The lowest BCUT2D eigenvalue weighted by atomic mass is 10.1. The van der Waals surface area contributed by atoms with Crippen molar-refractivity contribution in [1.82, 2.24) is 0 Å². The summed E-state index contributed by atoms with van der Waals surface area (Å²) < 4.78 is 1.18. The third kappa shape index (κ3) is 2.75. The largest absolute Gasteiger partial charge is 0.507 e. The number of halogens is 1. The summed E-state index contributed by atoms with van der Waals surface area (Å²) in [6.45, 7) is 4.49. The molecule has 0 radical (unpaired) electrons. The first-order chi connectivity index (χ1) is 12.4. The van der Waals surface area contributed by atoms with Gasteiger partial charge in [0, 0.05) is 10.4 Å². The Hall–Kier alpha value is -1.51. The van der Waals surface area contributed by atoms with E-state index < -0.39 is 8.07 Å². The van der Waals surface area contributed by atoms with Crippen molar-refractivity contribution in [3.63, 3.8) is 0 Å². The molecule has 2 aliphatic rings. The van der Waals surface area contributed by atoms with E-state index in [1.54, 1.807) is 29.6 Å². The number of hydrogen-bond donors (Lipinski definition) is 1. The molecule has 1 aliphatic heterocycles. The second kappa shape index (κ2) is 6.58. The van der Waals surface area contributed by atoms with Crippen LogP contribution in [0, 0.1) is 2.88 Å². The minimum Gasteiger partial charge on any atom is -0.507 e. The number of hydrogen-bond acceptors (Lipinski definition) is 4. The summed E-state index contributed by atoms with van der Waals surface area (Å²) in [5.41, 5.74) is 2.76. The molecule has 0 amide bonds. The van der Waals surface area contributed by atoms with Crippen molar-refractivity contribution >= 4 is 64.4 Å². The molecule has 3 nitrogen and oxygen atoms in total. The fraction of sp³-hybridized carbons (Fsp3) is 0.200. The third-order valence-electron chi connectivity index (χ3n) is 5.09. The predicted molar refractivity (Wildman–Crippen MR) is 120 cm³/mol. The van der Waals surface area contributed by atoms with Gasteiger partial charge in [-0.2, -0.15) is 0 Å². The lowest BCUT2D eigenvalue weighted by Gasteiger charge is -2.37. The Labute approximate surface area is 171 Å². The number of ketones is 1. The molecule has 0 saturated carbocycles. The van der Waals surface area contributed by atoms with Gasteiger partial charge in [0.05, 0.1) is 14.3 Å². The molecule has 1 N–H and O–H groups in total. The second-order valence-electron chi connectivity index (χ2n) is 6.83. The van der Waals surface area contributed by atoms with Crippen LogP contribution >= 0.6 is 33.9 Å². The van der Waals surface area contributed by atoms with Gasteiger partial charge in [-0.25, -0.2) is 4.99 Å². The molecular formula is C20H18INO2SSi. The lowest BCUT2D eigenvalue weighted by Crippen LogP contribution is -2.52. The Morgan fingerprint density at radius 1 is 1.23 bits per heavy atom. The summed E-state index contributed by atoms with van der Waals surface area (Å²) in [6, 6.07) is 8.83. The molecule has 6 heteroatoms. The van der Waals surface area contributed by atoms with Crippen molar-refractivity contribution in [2.75, 3.05) is 0 Å². The fourth-order valence-electron chi connectivity index (χ4n) is 4.01. The molecule has 1 atom stereocenters. The maximum Gasteiger partial charge on any atom is 0.178 e. The highest BCUT2D eigenvalue weighted by Crippen LogP contribution is 2.42. The van der Waals surface area contributed by atoms with E-state index in [-0.39, 0.29) is 5.78 Å². The lowest BCUT2D eigenvalue weighted by molar-refractivity contribution is -0.110. The summed E-state index contributed by atoms with van der Waals surface area (Å²) in [4.78, 5) is 18.0. The van der Waals surface area contributed by atoms with Gasteiger partial charge in [0.25, 0.3) is 0 Å². The quantitative estimate of drug-likeness (QED) is 0.369. The molecule has 0 spiro atoms. The first kappa shape index (κ1) is 17.9. The van der Waals surface area contributed by atoms with E-state index in [9.17, 15) is 9.90 Å². The van der Waals surface area contributed by atoms with Crippen LogP contribution in [0.5, 0.6) is 5.75 Å². The van der Waals surface area contributed by atoms with Crippen molar-refractivity contribution in [3.05, 3.63) is 50.6 Å². The Kier molecular flexibility index (Phi) is 4.52. The molecule has 2 heterocycles. The number of rotatable bonds is 3. The highest BCUT2D eigenvalue weighted by Gasteiger charge is 2.43. The molecule has 1 aromatic carbocycles. The van der Waals surface area contributed by atoms with Gasteiger partial charge in [-0.3, -0.25) is 4.79 Å². The Balaban J connectivity index is 2.07. The van der Waals surface area contributed by atoms with Crippen LogP contribution in [0.4, 0.5) is 5.69 Å². The Bertz CT molecular complexity index is 1020. The van der Waals surface area contributed by atoms with Crippen LogP contribution in [-0.4, -0.2) is 24.7 Å². The van der Waals surface area contributed by atoms with Gasteiger partial charge >= 0.3 is 0 Å². The normalized spacial score (nSPS) is 21.1. The van der Waals surface area contributed by atoms with Crippen LogP contribution in [0.25, 0.3) is 10.4 Å². The van der Waals surface area contributed by atoms with Gasteiger partial charge in [0.2, 0.25) is 0 Å². The van der Waals surface area contributed by atoms with E-state index in [4.69, 9.17) is 4.99 Å². The molecule has 132 valence electrons. The van der Waals surface area contributed by atoms with Crippen molar-refractivity contribution in [2.24, 2.45) is 4.99 Å². The monoisotopic (exact) mass is 491 g/mol. The SMILES string of the molecule is CCC[Si]1(C)C2=CC(=O)C=CC2=Nc2ccc(O)c(-c3ccc(I)s3)c21. The van der Waals surface area contributed by atoms with Gasteiger partial charge in [0.1, 0.15) is 13.8 Å². The zero-order valence-electron chi connectivity index (χ0n) is 14.5. The van der Waals surface area contributed by atoms with Crippen LogP contribution in [0.15, 0.2) is 52.7 Å². The molecule has 0 bridgehead atoms. The third-order valence-corrected chi connectivity index (χ3v) is 11.7. The molecule has 26 heavy (non-hydrogen) atoms. The number of phenolic OH excluding ortho intramolecular Hbond substituents is 1. The van der Waals surface area contributed by atoms with Crippen LogP contribution in [0.2, 0.25) is 12.6 Å². The molecule has 1 aromatic heterocycles. The van der Waals surface area contributed by atoms with E-state index in [1.807, 2.05) is 12.1 Å². The number of nitrogens with zero attached hydrogens (tertiary/aromatic N) is 1. The molecular weight excluding hydrogens is 473 g/mol. The highest BCUT2D eigenvalue weighted by atomic mass is 127. The number of aliphatic imine (C=N–C) groups is 1. The molecule has 0 fully saturated rings. The van der Waals surface area contributed by atoms with E-state index in [0.29, 0.717) is 5.75 Å². The van der Waals surface area contributed by atoms with Gasteiger partial charge in [-0.05, 0) is 81.5 Å². The van der Waals surface area contributed by atoms with Gasteiger partial charge in [0.15, 0.2) is 5.78 Å². The number of carbonyl (C=O) groups excluding carboxylic acids is 1. The smallest absolute Gasteiger partial charge is 0.178 e. The average Bonchev–Trinajstić information content (AvgIpc) is 3.03. The van der Waals surface area contributed by atoms with E-state index in [2.05, 4.69) is 48.2 Å². The minimum atomic E-state index is -2.21. The number of fused-ring (bicyclic) bond motifs is 2. The van der Waals surface area contributed by atoms with Crippen molar-refractivity contribution in [3.8, 4) is 16.2 Å².